The van der Waals surface area contributed by atoms with Gasteiger partial charge < -0.3 is 9.80 Å². The zero-order valence-corrected chi connectivity index (χ0v) is 7.06. The first-order valence-electron chi connectivity index (χ1n) is 4.22. The maximum Gasteiger partial charge on any atom is 0.103 e. The molecule has 0 aromatic heterocycles. The number of rotatable bonds is 2. The molecule has 12 heavy (non-hydrogen) atoms. The Morgan fingerprint density at radius 3 is 1.92 bits per heavy atom. The van der Waals surface area contributed by atoms with E-state index >= 15 is 0 Å². The maximum absolute atomic E-state index is 4.15. The van der Waals surface area contributed by atoms with E-state index in [2.05, 4.69) is 26.7 Å². The average Bonchev–Trinajstić information content (AvgIpc) is 2.77. The van der Waals surface area contributed by atoms with Crippen molar-refractivity contribution in [3.63, 3.8) is 0 Å². The van der Waals surface area contributed by atoms with Crippen LogP contribution in [0.15, 0.2) is 9.98 Å². The first-order chi connectivity index (χ1) is 5.88. The van der Waals surface area contributed by atoms with Crippen LogP contribution in [-0.2, 0) is 0 Å². The predicted molar refractivity (Wildman–Crippen MR) is 49.3 cm³/mol. The predicted octanol–water partition coefficient (Wildman–Crippen LogP) is -0.166. The Bertz CT molecular complexity index is 189. The largest absolute Gasteiger partial charge is 0.341 e. The molecule has 2 rings (SSSR count). The van der Waals surface area contributed by atoms with E-state index in [1.807, 2.05) is 12.7 Å². The van der Waals surface area contributed by atoms with Gasteiger partial charge in [-0.05, 0) is 6.92 Å². The van der Waals surface area contributed by atoms with Gasteiger partial charge in [-0.25, -0.2) is 0 Å². The van der Waals surface area contributed by atoms with Crippen molar-refractivity contribution in [1.29, 1.82) is 0 Å². The summed E-state index contributed by atoms with van der Waals surface area (Å²) in [7, 11) is 0. The third kappa shape index (κ3) is 1.29. The summed E-state index contributed by atoms with van der Waals surface area (Å²) in [6.07, 6.45) is 3.93. The SMILES string of the molecule is [CH2]C(N1C=NCC1)N1C=NCC1. The van der Waals surface area contributed by atoms with Crippen LogP contribution in [0.1, 0.15) is 0 Å². The summed E-state index contributed by atoms with van der Waals surface area (Å²) in [6.45, 7) is 7.84. The molecule has 0 fully saturated rings. The van der Waals surface area contributed by atoms with E-state index in [1.165, 1.54) is 0 Å². The van der Waals surface area contributed by atoms with Crippen molar-refractivity contribution in [2.24, 2.45) is 9.98 Å². The van der Waals surface area contributed by atoms with Crippen molar-refractivity contribution in [3.8, 4) is 0 Å². The Morgan fingerprint density at radius 2 is 1.58 bits per heavy atom. The van der Waals surface area contributed by atoms with Crippen molar-refractivity contribution in [1.82, 2.24) is 9.80 Å². The lowest BCUT2D eigenvalue weighted by Crippen LogP contribution is -2.44. The van der Waals surface area contributed by atoms with Crippen molar-refractivity contribution in [3.05, 3.63) is 6.92 Å². The molecule has 2 heterocycles. The molecule has 0 spiro atoms. The maximum atomic E-state index is 4.15. The van der Waals surface area contributed by atoms with Crippen LogP contribution in [0, 0.1) is 6.92 Å². The van der Waals surface area contributed by atoms with Gasteiger partial charge in [0.05, 0.1) is 25.8 Å². The van der Waals surface area contributed by atoms with Crippen LogP contribution in [0.5, 0.6) is 0 Å². The smallest absolute Gasteiger partial charge is 0.103 e. The molecule has 0 aromatic rings. The number of hydrogen-bond acceptors (Lipinski definition) is 4. The molecule has 65 valence electrons. The van der Waals surface area contributed by atoms with Crippen LogP contribution in [0.3, 0.4) is 0 Å². The minimum absolute atomic E-state index is 0.169. The zero-order valence-electron chi connectivity index (χ0n) is 7.06. The molecule has 1 radical (unpaired) electrons. The van der Waals surface area contributed by atoms with Gasteiger partial charge in [0.25, 0.3) is 0 Å². The second kappa shape index (κ2) is 3.13. The quantitative estimate of drug-likeness (QED) is 0.569. The van der Waals surface area contributed by atoms with Gasteiger partial charge in [-0.3, -0.25) is 9.98 Å². The van der Waals surface area contributed by atoms with Gasteiger partial charge >= 0.3 is 0 Å². The van der Waals surface area contributed by atoms with E-state index in [0.29, 0.717) is 0 Å². The zero-order chi connectivity index (χ0) is 8.39. The summed E-state index contributed by atoms with van der Waals surface area (Å²) in [6, 6.07) is 0. The molecule has 0 aromatic carbocycles. The van der Waals surface area contributed by atoms with Crippen LogP contribution in [-0.4, -0.2) is 54.8 Å². The molecule has 0 saturated carbocycles. The highest BCUT2D eigenvalue weighted by Gasteiger charge is 2.20. The molecule has 2 aliphatic rings. The van der Waals surface area contributed by atoms with Crippen molar-refractivity contribution in [2.75, 3.05) is 26.2 Å². The number of hydrogen-bond donors (Lipinski definition) is 0. The fourth-order valence-corrected chi connectivity index (χ4v) is 1.43. The highest BCUT2D eigenvalue weighted by molar-refractivity contribution is 5.61. The van der Waals surface area contributed by atoms with E-state index < -0.39 is 0 Å². The minimum atomic E-state index is 0.169. The lowest BCUT2D eigenvalue weighted by atomic mass is 10.4. The Hall–Kier alpha value is -1.06. The fourth-order valence-electron chi connectivity index (χ4n) is 1.43. The van der Waals surface area contributed by atoms with Gasteiger partial charge in [0.15, 0.2) is 0 Å². The molecule has 4 nitrogen and oxygen atoms in total. The fraction of sp³-hybridized carbons (Fsp3) is 0.625. The van der Waals surface area contributed by atoms with Crippen LogP contribution in [0.25, 0.3) is 0 Å². The third-order valence-corrected chi connectivity index (χ3v) is 2.20. The molecular formula is C8H13N4. The molecule has 0 bridgehead atoms. The van der Waals surface area contributed by atoms with E-state index in [0.717, 1.165) is 26.2 Å². The summed E-state index contributed by atoms with van der Waals surface area (Å²) in [5.41, 5.74) is 0. The summed E-state index contributed by atoms with van der Waals surface area (Å²) in [5.74, 6) is 0. The summed E-state index contributed by atoms with van der Waals surface area (Å²) in [5, 5.41) is 0. The Balaban J connectivity index is 1.94. The Labute approximate surface area is 72.6 Å². The molecule has 2 aliphatic heterocycles. The second-order valence-corrected chi connectivity index (χ2v) is 3.00. The lowest BCUT2D eigenvalue weighted by Gasteiger charge is -2.30. The lowest BCUT2D eigenvalue weighted by molar-refractivity contribution is 0.235. The van der Waals surface area contributed by atoms with E-state index in [-0.39, 0.29) is 6.17 Å². The molecule has 0 unspecified atom stereocenters. The number of nitrogens with zero attached hydrogens (tertiary/aromatic N) is 4. The van der Waals surface area contributed by atoms with E-state index in [4.69, 9.17) is 0 Å². The van der Waals surface area contributed by atoms with E-state index in [9.17, 15) is 0 Å². The van der Waals surface area contributed by atoms with Crippen molar-refractivity contribution in [2.45, 2.75) is 6.17 Å². The van der Waals surface area contributed by atoms with Gasteiger partial charge in [-0.15, -0.1) is 0 Å². The number of aliphatic imine (C=N–C) groups is 2. The minimum Gasteiger partial charge on any atom is -0.341 e. The normalized spacial score (nSPS) is 21.8. The van der Waals surface area contributed by atoms with Crippen LogP contribution in [0.2, 0.25) is 0 Å². The molecular weight excluding hydrogens is 152 g/mol. The third-order valence-electron chi connectivity index (χ3n) is 2.20. The van der Waals surface area contributed by atoms with Gasteiger partial charge in [-0.1, -0.05) is 0 Å². The van der Waals surface area contributed by atoms with Crippen LogP contribution in [0.4, 0.5) is 0 Å². The topological polar surface area (TPSA) is 31.2 Å². The first-order valence-corrected chi connectivity index (χ1v) is 4.22. The molecule has 0 amide bonds. The highest BCUT2D eigenvalue weighted by Crippen LogP contribution is 2.07. The van der Waals surface area contributed by atoms with Gasteiger partial charge in [0.1, 0.15) is 6.17 Å². The average molecular weight is 165 g/mol. The molecule has 4 heteroatoms. The van der Waals surface area contributed by atoms with Gasteiger partial charge in [-0.2, -0.15) is 0 Å². The summed E-state index contributed by atoms with van der Waals surface area (Å²) >= 11 is 0. The Kier molecular flexibility index (Phi) is 1.98. The van der Waals surface area contributed by atoms with Gasteiger partial charge in [0.2, 0.25) is 0 Å². The Morgan fingerprint density at radius 1 is 1.08 bits per heavy atom. The van der Waals surface area contributed by atoms with Crippen LogP contribution < -0.4 is 0 Å². The van der Waals surface area contributed by atoms with Crippen molar-refractivity contribution < 1.29 is 0 Å². The van der Waals surface area contributed by atoms with Gasteiger partial charge in [0, 0.05) is 13.1 Å². The molecule has 0 aliphatic carbocycles. The summed E-state index contributed by atoms with van der Waals surface area (Å²) in [4.78, 5) is 12.6. The monoisotopic (exact) mass is 165 g/mol. The van der Waals surface area contributed by atoms with E-state index in [1.54, 1.807) is 0 Å². The molecule has 0 N–H and O–H groups in total. The van der Waals surface area contributed by atoms with Crippen molar-refractivity contribution >= 4 is 12.7 Å². The molecule has 0 saturated heterocycles. The highest BCUT2D eigenvalue weighted by atomic mass is 15.4. The second-order valence-electron chi connectivity index (χ2n) is 3.00. The summed E-state index contributed by atoms with van der Waals surface area (Å²) < 4.78 is 0. The standard InChI is InChI=1S/C8H13N4/c1-8(11-4-2-9-6-11)12-5-3-10-7-12/h6-8H,1-5H2. The molecule has 0 atom stereocenters. The van der Waals surface area contributed by atoms with Crippen LogP contribution >= 0.6 is 0 Å². The first kappa shape index (κ1) is 7.58.